The van der Waals surface area contributed by atoms with E-state index in [9.17, 15) is 0 Å². The molecule has 0 amide bonds. The largest absolute Gasteiger partial charge is 0.329 e. The number of anilines is 2. The number of halogens is 1. The molecule has 0 spiro atoms. The lowest BCUT2D eigenvalue weighted by Crippen LogP contribution is -2.17. The monoisotopic (exact) mass is 303 g/mol. The van der Waals surface area contributed by atoms with Crippen LogP contribution in [-0.2, 0) is 6.54 Å². The van der Waals surface area contributed by atoms with Gasteiger partial charge in [0.1, 0.15) is 5.82 Å². The molecule has 0 bridgehead atoms. The minimum absolute atomic E-state index is 0.697. The van der Waals surface area contributed by atoms with E-state index in [2.05, 4.69) is 36.2 Å². The van der Waals surface area contributed by atoms with E-state index in [4.69, 9.17) is 16.6 Å². The molecule has 0 saturated heterocycles. The zero-order valence-corrected chi connectivity index (χ0v) is 13.6. The molecule has 4 heteroatoms. The van der Waals surface area contributed by atoms with Crippen LogP contribution in [0.15, 0.2) is 36.4 Å². The Morgan fingerprint density at radius 2 is 1.95 bits per heavy atom. The Kier molecular flexibility index (Phi) is 5.59. The second kappa shape index (κ2) is 7.43. The lowest BCUT2D eigenvalue weighted by molar-refractivity contribution is 0.664. The number of aromatic nitrogens is 1. The van der Waals surface area contributed by atoms with Gasteiger partial charge in [0, 0.05) is 19.3 Å². The highest BCUT2D eigenvalue weighted by atomic mass is 35.5. The van der Waals surface area contributed by atoms with Gasteiger partial charge < -0.3 is 10.2 Å². The van der Waals surface area contributed by atoms with E-state index in [0.717, 1.165) is 30.2 Å². The van der Waals surface area contributed by atoms with Crippen LogP contribution in [-0.4, -0.2) is 18.6 Å². The zero-order valence-electron chi connectivity index (χ0n) is 12.9. The average molecular weight is 304 g/mol. The third-order valence-corrected chi connectivity index (χ3v) is 3.79. The van der Waals surface area contributed by atoms with Crippen LogP contribution in [0.5, 0.6) is 0 Å². The number of rotatable bonds is 6. The molecule has 1 aromatic heterocycles. The maximum atomic E-state index is 6.24. The number of hydrogen-bond donors (Lipinski definition) is 1. The topological polar surface area (TPSA) is 28.2 Å². The fourth-order valence-corrected chi connectivity index (χ4v) is 2.40. The van der Waals surface area contributed by atoms with Crippen molar-refractivity contribution in [3.05, 3.63) is 52.7 Å². The Hall–Kier alpha value is -1.58. The first-order chi connectivity index (χ1) is 10.1. The summed E-state index contributed by atoms with van der Waals surface area (Å²) in [4.78, 5) is 6.79. The molecule has 1 aromatic carbocycles. The van der Waals surface area contributed by atoms with E-state index in [-0.39, 0.29) is 0 Å². The van der Waals surface area contributed by atoms with Crippen LogP contribution in [0.4, 0.5) is 11.5 Å². The summed E-state index contributed by atoms with van der Waals surface area (Å²) in [7, 11) is 2.03. The van der Waals surface area contributed by atoms with E-state index < -0.39 is 0 Å². The normalized spacial score (nSPS) is 10.7. The molecular weight excluding hydrogens is 282 g/mol. The van der Waals surface area contributed by atoms with Gasteiger partial charge in [0.15, 0.2) is 0 Å². The number of nitrogens with zero attached hydrogens (tertiary/aromatic N) is 2. The fraction of sp³-hybridized carbons (Fsp3) is 0.353. The van der Waals surface area contributed by atoms with Crippen LogP contribution in [0.1, 0.15) is 24.6 Å². The number of hydrogen-bond acceptors (Lipinski definition) is 3. The van der Waals surface area contributed by atoms with E-state index in [1.807, 2.05) is 31.3 Å². The number of benzene rings is 1. The van der Waals surface area contributed by atoms with Gasteiger partial charge in [-0.05, 0) is 43.7 Å². The summed E-state index contributed by atoms with van der Waals surface area (Å²) in [6.07, 6.45) is 1.10. The van der Waals surface area contributed by atoms with Gasteiger partial charge in [-0.15, -0.1) is 0 Å². The summed E-state index contributed by atoms with van der Waals surface area (Å²) in [5.41, 5.74) is 3.27. The van der Waals surface area contributed by atoms with Crippen LogP contribution in [0.2, 0.25) is 5.02 Å². The van der Waals surface area contributed by atoms with E-state index in [1.54, 1.807) is 0 Å². The smallest absolute Gasteiger partial charge is 0.133 e. The standard InChI is InChI=1S/C17H22ClN3/c1-4-11-19-12-15-14(18)9-10-17(20-15)21(3)16-8-6-5-7-13(16)2/h5-10,19H,4,11-12H2,1-3H3. The fourth-order valence-electron chi connectivity index (χ4n) is 2.23. The lowest BCUT2D eigenvalue weighted by atomic mass is 10.2. The van der Waals surface area contributed by atoms with Crippen LogP contribution < -0.4 is 10.2 Å². The highest BCUT2D eigenvalue weighted by molar-refractivity contribution is 6.31. The van der Waals surface area contributed by atoms with Crippen molar-refractivity contribution in [2.75, 3.05) is 18.5 Å². The minimum atomic E-state index is 0.697. The van der Waals surface area contributed by atoms with Crippen LogP contribution in [0, 0.1) is 6.92 Å². The molecule has 0 unspecified atom stereocenters. The van der Waals surface area contributed by atoms with E-state index in [1.165, 1.54) is 5.56 Å². The molecule has 3 nitrogen and oxygen atoms in total. The molecule has 21 heavy (non-hydrogen) atoms. The number of para-hydroxylation sites is 1. The highest BCUT2D eigenvalue weighted by Gasteiger charge is 2.10. The van der Waals surface area contributed by atoms with E-state index >= 15 is 0 Å². The highest BCUT2D eigenvalue weighted by Crippen LogP contribution is 2.27. The number of pyridine rings is 1. The van der Waals surface area contributed by atoms with Gasteiger partial charge in [-0.1, -0.05) is 36.7 Å². The SMILES string of the molecule is CCCNCc1nc(N(C)c2ccccc2C)ccc1Cl. The molecule has 2 rings (SSSR count). The van der Waals surface area contributed by atoms with Gasteiger partial charge in [-0.25, -0.2) is 4.98 Å². The Labute approximate surface area is 132 Å². The molecule has 2 aromatic rings. The second-order valence-corrected chi connectivity index (χ2v) is 5.53. The van der Waals surface area contributed by atoms with E-state index in [0.29, 0.717) is 11.6 Å². The third-order valence-electron chi connectivity index (χ3n) is 3.44. The number of nitrogens with one attached hydrogen (secondary N) is 1. The summed E-state index contributed by atoms with van der Waals surface area (Å²) in [6, 6.07) is 12.2. The number of aryl methyl sites for hydroxylation is 1. The van der Waals surface area contributed by atoms with Crippen molar-refractivity contribution >= 4 is 23.1 Å². The Balaban J connectivity index is 2.23. The molecule has 0 radical (unpaired) electrons. The second-order valence-electron chi connectivity index (χ2n) is 5.12. The first kappa shape index (κ1) is 15.8. The van der Waals surface area contributed by atoms with Crippen LogP contribution in [0.25, 0.3) is 0 Å². The summed E-state index contributed by atoms with van der Waals surface area (Å²) in [6.45, 7) is 5.91. The molecular formula is C17H22ClN3. The average Bonchev–Trinajstić information content (AvgIpc) is 2.49. The van der Waals surface area contributed by atoms with Crippen molar-refractivity contribution in [1.82, 2.24) is 10.3 Å². The van der Waals surface area contributed by atoms with Crippen molar-refractivity contribution in [2.45, 2.75) is 26.8 Å². The Morgan fingerprint density at radius 1 is 1.19 bits per heavy atom. The summed E-state index contributed by atoms with van der Waals surface area (Å²) >= 11 is 6.24. The van der Waals surface area contributed by atoms with Crippen molar-refractivity contribution in [2.24, 2.45) is 0 Å². The first-order valence-electron chi connectivity index (χ1n) is 7.29. The summed E-state index contributed by atoms with van der Waals surface area (Å²) in [5, 5.41) is 4.05. The molecule has 1 heterocycles. The predicted molar refractivity (Wildman–Crippen MR) is 90.5 cm³/mol. The van der Waals surface area contributed by atoms with Crippen molar-refractivity contribution in [3.63, 3.8) is 0 Å². The Bertz CT molecular complexity index is 598. The van der Waals surface area contributed by atoms with Gasteiger partial charge in [0.25, 0.3) is 0 Å². The molecule has 0 saturated carbocycles. The van der Waals surface area contributed by atoms with Gasteiger partial charge in [-0.2, -0.15) is 0 Å². The van der Waals surface area contributed by atoms with Crippen LogP contribution in [0.3, 0.4) is 0 Å². The summed E-state index contributed by atoms with van der Waals surface area (Å²) in [5.74, 6) is 0.905. The van der Waals surface area contributed by atoms with Gasteiger partial charge in [-0.3, -0.25) is 0 Å². The van der Waals surface area contributed by atoms with Gasteiger partial charge in [0.05, 0.1) is 10.7 Å². The van der Waals surface area contributed by atoms with Crippen molar-refractivity contribution < 1.29 is 0 Å². The molecule has 0 atom stereocenters. The molecule has 0 aliphatic rings. The maximum absolute atomic E-state index is 6.24. The first-order valence-corrected chi connectivity index (χ1v) is 7.66. The Morgan fingerprint density at radius 3 is 2.67 bits per heavy atom. The molecule has 0 fully saturated rings. The minimum Gasteiger partial charge on any atom is -0.329 e. The van der Waals surface area contributed by atoms with Crippen molar-refractivity contribution in [1.29, 1.82) is 0 Å². The molecule has 112 valence electrons. The third kappa shape index (κ3) is 3.96. The predicted octanol–water partition coefficient (Wildman–Crippen LogP) is 4.31. The summed E-state index contributed by atoms with van der Waals surface area (Å²) < 4.78 is 0. The van der Waals surface area contributed by atoms with Gasteiger partial charge >= 0.3 is 0 Å². The lowest BCUT2D eigenvalue weighted by Gasteiger charge is -2.21. The molecule has 0 aliphatic carbocycles. The van der Waals surface area contributed by atoms with Crippen molar-refractivity contribution in [3.8, 4) is 0 Å². The quantitative estimate of drug-likeness (QED) is 0.806. The zero-order chi connectivity index (χ0) is 15.2. The van der Waals surface area contributed by atoms with Gasteiger partial charge in [0.2, 0.25) is 0 Å². The molecule has 0 aliphatic heterocycles. The molecule has 1 N–H and O–H groups in total. The van der Waals surface area contributed by atoms with Crippen LogP contribution >= 0.6 is 11.6 Å². The maximum Gasteiger partial charge on any atom is 0.133 e.